The van der Waals surface area contributed by atoms with Crippen LogP contribution in [0.25, 0.3) is 0 Å². The number of carbonyl (C=O) groups is 2. The second-order valence-corrected chi connectivity index (χ2v) is 7.01. The molecule has 1 aromatic carbocycles. The standard InChI is InChI=1S/C21H28N4O2/c1-3-13-25-19(10-12-22-25)21(27)23-14-11-20(26)24(18(4-2)16-23)15-17-8-6-5-7-9-17/h5-10,12,18H,3-4,11,13-16H2,1-2H3/t18-/m1/s1. The molecule has 3 rings (SSSR count). The van der Waals surface area contributed by atoms with E-state index in [0.717, 1.165) is 24.9 Å². The van der Waals surface area contributed by atoms with Gasteiger partial charge in [0.05, 0.1) is 0 Å². The van der Waals surface area contributed by atoms with Crippen LogP contribution in [0.15, 0.2) is 42.6 Å². The van der Waals surface area contributed by atoms with E-state index in [9.17, 15) is 9.59 Å². The van der Waals surface area contributed by atoms with Crippen molar-refractivity contribution in [1.82, 2.24) is 19.6 Å². The van der Waals surface area contributed by atoms with Crippen molar-refractivity contribution in [3.8, 4) is 0 Å². The molecule has 6 nitrogen and oxygen atoms in total. The molecule has 27 heavy (non-hydrogen) atoms. The van der Waals surface area contributed by atoms with Crippen molar-refractivity contribution in [2.75, 3.05) is 13.1 Å². The molecule has 0 spiro atoms. The van der Waals surface area contributed by atoms with Crippen LogP contribution in [-0.2, 0) is 17.9 Å². The van der Waals surface area contributed by atoms with Crippen molar-refractivity contribution in [3.05, 3.63) is 53.9 Å². The number of hydrogen-bond acceptors (Lipinski definition) is 3. The Labute approximate surface area is 160 Å². The molecule has 144 valence electrons. The molecule has 1 saturated heterocycles. The number of benzene rings is 1. The van der Waals surface area contributed by atoms with Crippen LogP contribution in [0.5, 0.6) is 0 Å². The van der Waals surface area contributed by atoms with Crippen LogP contribution in [0.1, 0.15) is 49.2 Å². The minimum atomic E-state index is -0.0336. The summed E-state index contributed by atoms with van der Waals surface area (Å²) < 4.78 is 1.76. The Bertz CT molecular complexity index is 771. The van der Waals surface area contributed by atoms with Crippen LogP contribution in [0, 0.1) is 0 Å². The Kier molecular flexibility index (Phi) is 6.27. The molecule has 2 amide bonds. The molecule has 2 heterocycles. The molecule has 0 unspecified atom stereocenters. The molecule has 1 aromatic heterocycles. The molecule has 1 atom stereocenters. The van der Waals surface area contributed by atoms with Gasteiger partial charge in [0.2, 0.25) is 5.91 Å². The zero-order valence-electron chi connectivity index (χ0n) is 16.2. The van der Waals surface area contributed by atoms with Gasteiger partial charge >= 0.3 is 0 Å². The molecule has 0 aliphatic carbocycles. The maximum absolute atomic E-state index is 13.1. The van der Waals surface area contributed by atoms with Gasteiger partial charge in [0.25, 0.3) is 5.91 Å². The van der Waals surface area contributed by atoms with Crippen LogP contribution < -0.4 is 0 Å². The molecule has 1 aliphatic heterocycles. The Hall–Kier alpha value is -2.63. The predicted molar refractivity (Wildman–Crippen MR) is 104 cm³/mol. The van der Waals surface area contributed by atoms with Gasteiger partial charge in [0.1, 0.15) is 5.69 Å². The average molecular weight is 368 g/mol. The molecule has 0 radical (unpaired) electrons. The van der Waals surface area contributed by atoms with E-state index in [1.165, 1.54) is 0 Å². The summed E-state index contributed by atoms with van der Waals surface area (Å²) in [5.41, 5.74) is 1.72. The lowest BCUT2D eigenvalue weighted by Crippen LogP contribution is -2.44. The highest BCUT2D eigenvalue weighted by atomic mass is 16.2. The minimum Gasteiger partial charge on any atom is -0.335 e. The largest absolute Gasteiger partial charge is 0.335 e. The van der Waals surface area contributed by atoms with Gasteiger partial charge in [-0.1, -0.05) is 44.2 Å². The number of nitrogens with zero attached hydrogens (tertiary/aromatic N) is 4. The lowest BCUT2D eigenvalue weighted by molar-refractivity contribution is -0.133. The van der Waals surface area contributed by atoms with Gasteiger partial charge in [-0.05, 0) is 24.5 Å². The van der Waals surface area contributed by atoms with Gasteiger partial charge in [0, 0.05) is 44.8 Å². The third-order valence-electron chi connectivity index (χ3n) is 5.11. The van der Waals surface area contributed by atoms with E-state index in [1.54, 1.807) is 16.9 Å². The van der Waals surface area contributed by atoms with Crippen molar-refractivity contribution in [1.29, 1.82) is 0 Å². The third kappa shape index (κ3) is 4.38. The maximum atomic E-state index is 13.1. The predicted octanol–water partition coefficient (Wildman–Crippen LogP) is 2.95. The fraction of sp³-hybridized carbons (Fsp3) is 0.476. The summed E-state index contributed by atoms with van der Waals surface area (Å²) in [6.07, 6.45) is 3.77. The van der Waals surface area contributed by atoms with Gasteiger partial charge in [-0.25, -0.2) is 0 Å². The van der Waals surface area contributed by atoms with Gasteiger partial charge in [-0.15, -0.1) is 0 Å². The van der Waals surface area contributed by atoms with Crippen molar-refractivity contribution in [3.63, 3.8) is 0 Å². The molecule has 1 aliphatic rings. The Morgan fingerprint density at radius 3 is 2.67 bits per heavy atom. The van der Waals surface area contributed by atoms with Crippen LogP contribution in [0.2, 0.25) is 0 Å². The van der Waals surface area contributed by atoms with Gasteiger partial charge in [-0.3, -0.25) is 14.3 Å². The van der Waals surface area contributed by atoms with E-state index < -0.39 is 0 Å². The van der Waals surface area contributed by atoms with E-state index in [4.69, 9.17) is 0 Å². The monoisotopic (exact) mass is 368 g/mol. The summed E-state index contributed by atoms with van der Waals surface area (Å²) >= 11 is 0. The first-order valence-electron chi connectivity index (χ1n) is 9.78. The van der Waals surface area contributed by atoms with E-state index in [2.05, 4.69) is 18.9 Å². The smallest absolute Gasteiger partial charge is 0.272 e. The van der Waals surface area contributed by atoms with E-state index >= 15 is 0 Å². The summed E-state index contributed by atoms with van der Waals surface area (Å²) in [5.74, 6) is 0.0804. The Morgan fingerprint density at radius 1 is 1.19 bits per heavy atom. The van der Waals surface area contributed by atoms with E-state index in [-0.39, 0.29) is 17.9 Å². The average Bonchev–Trinajstić information content (AvgIpc) is 3.09. The lowest BCUT2D eigenvalue weighted by atomic mass is 10.1. The highest BCUT2D eigenvalue weighted by Gasteiger charge is 2.31. The van der Waals surface area contributed by atoms with Crippen LogP contribution in [0.3, 0.4) is 0 Å². The fourth-order valence-corrected chi connectivity index (χ4v) is 3.62. The Morgan fingerprint density at radius 2 is 1.96 bits per heavy atom. The molecular formula is C21H28N4O2. The number of aryl methyl sites for hydroxylation is 1. The summed E-state index contributed by atoms with van der Waals surface area (Å²) in [5, 5.41) is 4.26. The molecule has 1 fully saturated rings. The molecule has 0 bridgehead atoms. The number of amides is 2. The van der Waals surface area contributed by atoms with Crippen LogP contribution in [0.4, 0.5) is 0 Å². The molecule has 0 N–H and O–H groups in total. The zero-order valence-corrected chi connectivity index (χ0v) is 16.2. The minimum absolute atomic E-state index is 0.0201. The second kappa shape index (κ2) is 8.84. The van der Waals surface area contributed by atoms with Gasteiger partial charge in [0.15, 0.2) is 0 Å². The zero-order chi connectivity index (χ0) is 19.2. The molecule has 0 saturated carbocycles. The number of rotatable bonds is 6. The van der Waals surface area contributed by atoms with Crippen LogP contribution in [-0.4, -0.2) is 50.5 Å². The quantitative estimate of drug-likeness (QED) is 0.788. The van der Waals surface area contributed by atoms with Gasteiger partial charge in [-0.2, -0.15) is 5.10 Å². The number of hydrogen-bond donors (Lipinski definition) is 0. The van der Waals surface area contributed by atoms with Crippen LogP contribution >= 0.6 is 0 Å². The summed E-state index contributed by atoms with van der Waals surface area (Å²) in [6.45, 7) is 6.47. The fourth-order valence-electron chi connectivity index (χ4n) is 3.62. The van der Waals surface area contributed by atoms with Crippen molar-refractivity contribution in [2.45, 2.75) is 52.2 Å². The van der Waals surface area contributed by atoms with Gasteiger partial charge < -0.3 is 9.80 Å². The third-order valence-corrected chi connectivity index (χ3v) is 5.11. The maximum Gasteiger partial charge on any atom is 0.272 e. The number of aromatic nitrogens is 2. The molecule has 2 aromatic rings. The van der Waals surface area contributed by atoms with Crippen molar-refractivity contribution in [2.24, 2.45) is 0 Å². The summed E-state index contributed by atoms with van der Waals surface area (Å²) in [7, 11) is 0. The first-order chi connectivity index (χ1) is 13.1. The second-order valence-electron chi connectivity index (χ2n) is 7.01. The Balaban J connectivity index is 1.77. The number of carbonyl (C=O) groups excluding carboxylic acids is 2. The topological polar surface area (TPSA) is 58.4 Å². The lowest BCUT2D eigenvalue weighted by Gasteiger charge is -2.31. The first-order valence-corrected chi connectivity index (χ1v) is 9.78. The normalized spacial score (nSPS) is 17.9. The summed E-state index contributed by atoms with van der Waals surface area (Å²) in [6, 6.07) is 11.8. The first kappa shape index (κ1) is 19.1. The summed E-state index contributed by atoms with van der Waals surface area (Å²) in [4.78, 5) is 29.6. The molecule has 6 heteroatoms. The van der Waals surface area contributed by atoms with Crippen molar-refractivity contribution < 1.29 is 9.59 Å². The SMILES string of the molecule is CCCn1nccc1C(=O)N1CCC(=O)N(Cc2ccccc2)[C@H](CC)C1. The highest BCUT2D eigenvalue weighted by molar-refractivity contribution is 5.93. The van der Waals surface area contributed by atoms with E-state index in [0.29, 0.717) is 31.7 Å². The highest BCUT2D eigenvalue weighted by Crippen LogP contribution is 2.19. The molecular weight excluding hydrogens is 340 g/mol. The van der Waals surface area contributed by atoms with E-state index in [1.807, 2.05) is 40.1 Å². The van der Waals surface area contributed by atoms with Crippen molar-refractivity contribution >= 4 is 11.8 Å².